The van der Waals surface area contributed by atoms with Gasteiger partial charge in [0.2, 0.25) is 0 Å². The van der Waals surface area contributed by atoms with Crippen LogP contribution in [0.1, 0.15) is 31.2 Å². The first kappa shape index (κ1) is 27.4. The fourth-order valence-electron chi connectivity index (χ4n) is 5.09. The van der Waals surface area contributed by atoms with Gasteiger partial charge >= 0.3 is 5.97 Å². The number of furan rings is 1. The molecule has 0 saturated carbocycles. The molecule has 0 N–H and O–H groups in total. The van der Waals surface area contributed by atoms with E-state index in [2.05, 4.69) is 4.99 Å². The minimum Gasteiger partial charge on any atom is -0.463 e. The van der Waals surface area contributed by atoms with Crippen LogP contribution in [-0.4, -0.2) is 22.1 Å². The van der Waals surface area contributed by atoms with E-state index in [0.29, 0.717) is 37.7 Å². The summed E-state index contributed by atoms with van der Waals surface area (Å²) in [6.07, 6.45) is 1.59. The monoisotopic (exact) mass is 599 g/mol. The number of benzene rings is 3. The van der Waals surface area contributed by atoms with Crippen molar-refractivity contribution in [3.05, 3.63) is 130 Å². The number of thiazole rings is 1. The van der Waals surface area contributed by atoms with E-state index < -0.39 is 16.9 Å². The van der Waals surface area contributed by atoms with Gasteiger partial charge in [0.1, 0.15) is 11.5 Å². The number of nitrogens with zero attached hydrogens (tertiary/aromatic N) is 3. The maximum absolute atomic E-state index is 14.0. The number of hydrogen-bond donors (Lipinski definition) is 0. The Morgan fingerprint density at radius 3 is 2.74 bits per heavy atom. The second kappa shape index (κ2) is 10.9. The summed E-state index contributed by atoms with van der Waals surface area (Å²) in [5.41, 5.74) is 1.43. The van der Waals surface area contributed by atoms with Crippen molar-refractivity contribution in [1.29, 1.82) is 0 Å². The van der Waals surface area contributed by atoms with Crippen molar-refractivity contribution in [1.82, 2.24) is 4.57 Å². The molecule has 1 aliphatic heterocycles. The third-order valence-electron chi connectivity index (χ3n) is 6.96. The largest absolute Gasteiger partial charge is 0.463 e. The molecule has 0 saturated heterocycles. The molecule has 5 aromatic rings. The van der Waals surface area contributed by atoms with Gasteiger partial charge in [0, 0.05) is 23.8 Å². The molecule has 0 radical (unpaired) electrons. The molecule has 6 rings (SSSR count). The van der Waals surface area contributed by atoms with Gasteiger partial charge in [0.25, 0.3) is 11.2 Å². The molecule has 0 spiro atoms. The minimum atomic E-state index is -0.760. The Morgan fingerprint density at radius 2 is 1.95 bits per heavy atom. The number of carbonyl (C=O) groups is 1. The lowest BCUT2D eigenvalue weighted by molar-refractivity contribution is -0.384. The van der Waals surface area contributed by atoms with E-state index in [-0.39, 0.29) is 22.9 Å². The number of nitro groups is 1. The highest BCUT2D eigenvalue weighted by Crippen LogP contribution is 2.35. The summed E-state index contributed by atoms with van der Waals surface area (Å²) < 4.78 is 13.2. The van der Waals surface area contributed by atoms with E-state index in [1.54, 1.807) is 32.1 Å². The van der Waals surface area contributed by atoms with E-state index in [0.717, 1.165) is 16.3 Å². The number of ether oxygens (including phenoxy) is 1. The highest BCUT2D eigenvalue weighted by atomic mass is 35.5. The molecule has 210 valence electrons. The molecule has 0 aliphatic carbocycles. The molecule has 0 unspecified atom stereocenters. The standard InChI is InChI=1S/C31H22ClN3O6S/c1-3-40-30(37)27-17(2)33-31-34(28(27)22-10-6-8-18-7-4-5-9-21(18)22)29(36)26(42-31)16-20-12-14-25(41-20)23-15-19(35(38)39)11-13-24(23)32/h4-16,28H,3H2,1-2H3/b26-16-/t28-/m0/s1. The molecule has 1 atom stereocenters. The van der Waals surface area contributed by atoms with Gasteiger partial charge in [-0.3, -0.25) is 19.5 Å². The molecule has 11 heteroatoms. The van der Waals surface area contributed by atoms with Crippen molar-refractivity contribution in [3.8, 4) is 11.3 Å². The van der Waals surface area contributed by atoms with Crippen LogP contribution in [0.4, 0.5) is 5.69 Å². The highest BCUT2D eigenvalue weighted by Gasteiger charge is 2.34. The Bertz CT molecular complexity index is 2120. The van der Waals surface area contributed by atoms with Crippen molar-refractivity contribution in [2.75, 3.05) is 6.61 Å². The second-order valence-electron chi connectivity index (χ2n) is 9.49. The topological polar surface area (TPSA) is 117 Å². The van der Waals surface area contributed by atoms with Gasteiger partial charge in [-0.2, -0.15) is 0 Å². The van der Waals surface area contributed by atoms with Gasteiger partial charge in [0.15, 0.2) is 4.80 Å². The number of carbonyl (C=O) groups excluding carboxylic acids is 1. The van der Waals surface area contributed by atoms with Gasteiger partial charge in [0.05, 0.1) is 38.4 Å². The number of aromatic nitrogens is 1. The van der Waals surface area contributed by atoms with Crippen molar-refractivity contribution < 1.29 is 18.9 Å². The van der Waals surface area contributed by atoms with E-state index in [9.17, 15) is 19.7 Å². The molecule has 0 fully saturated rings. The van der Waals surface area contributed by atoms with Crippen LogP contribution in [0, 0.1) is 10.1 Å². The van der Waals surface area contributed by atoms with Crippen LogP contribution in [0.25, 0.3) is 28.2 Å². The summed E-state index contributed by atoms with van der Waals surface area (Å²) in [4.78, 5) is 43.0. The van der Waals surface area contributed by atoms with Gasteiger partial charge in [-0.05, 0) is 48.4 Å². The van der Waals surface area contributed by atoms with Crippen LogP contribution in [0.5, 0.6) is 0 Å². The van der Waals surface area contributed by atoms with Crippen LogP contribution in [0.3, 0.4) is 0 Å². The number of allylic oxidation sites excluding steroid dienone is 1. The summed E-state index contributed by atoms with van der Waals surface area (Å²) in [7, 11) is 0. The molecular weight excluding hydrogens is 578 g/mol. The highest BCUT2D eigenvalue weighted by molar-refractivity contribution is 7.07. The fraction of sp³-hybridized carbons (Fsp3) is 0.129. The first-order valence-corrected chi connectivity index (χ1v) is 14.2. The number of nitro benzene ring substituents is 1. The Hall–Kier alpha value is -4.80. The van der Waals surface area contributed by atoms with E-state index >= 15 is 0 Å². The lowest BCUT2D eigenvalue weighted by Crippen LogP contribution is -2.40. The zero-order chi connectivity index (χ0) is 29.5. The molecule has 42 heavy (non-hydrogen) atoms. The summed E-state index contributed by atoms with van der Waals surface area (Å²) in [6, 6.07) is 20.2. The third-order valence-corrected chi connectivity index (χ3v) is 8.27. The molecule has 2 aromatic heterocycles. The summed E-state index contributed by atoms with van der Waals surface area (Å²) in [6.45, 7) is 3.65. The van der Waals surface area contributed by atoms with Crippen molar-refractivity contribution in [2.24, 2.45) is 4.99 Å². The molecule has 0 amide bonds. The number of hydrogen-bond acceptors (Lipinski definition) is 8. The molecule has 9 nitrogen and oxygen atoms in total. The maximum atomic E-state index is 14.0. The Morgan fingerprint density at radius 1 is 1.17 bits per heavy atom. The van der Waals surface area contributed by atoms with Crippen LogP contribution in [0.2, 0.25) is 5.02 Å². The first-order valence-electron chi connectivity index (χ1n) is 13.0. The smallest absolute Gasteiger partial charge is 0.338 e. The Balaban J connectivity index is 1.51. The van der Waals surface area contributed by atoms with Crippen molar-refractivity contribution >= 4 is 51.4 Å². The third kappa shape index (κ3) is 4.74. The number of non-ortho nitro benzene ring substituents is 1. The van der Waals surface area contributed by atoms with Crippen LogP contribution in [0.15, 0.2) is 98.3 Å². The number of fused-ring (bicyclic) bond motifs is 2. The molecule has 3 heterocycles. The van der Waals surface area contributed by atoms with Gasteiger partial charge in [-0.1, -0.05) is 65.4 Å². The fourth-order valence-corrected chi connectivity index (χ4v) is 6.33. The Labute approximate surface area is 247 Å². The summed E-state index contributed by atoms with van der Waals surface area (Å²) >= 11 is 7.46. The zero-order valence-corrected chi connectivity index (χ0v) is 23.9. The Kier molecular flexibility index (Phi) is 7.09. The van der Waals surface area contributed by atoms with Crippen LogP contribution >= 0.6 is 22.9 Å². The lowest BCUT2D eigenvalue weighted by Gasteiger charge is -2.25. The van der Waals surface area contributed by atoms with Gasteiger partial charge in [-0.15, -0.1) is 0 Å². The maximum Gasteiger partial charge on any atom is 0.338 e. The predicted molar refractivity (Wildman–Crippen MR) is 160 cm³/mol. The van der Waals surface area contributed by atoms with Crippen LogP contribution < -0.4 is 14.9 Å². The summed E-state index contributed by atoms with van der Waals surface area (Å²) in [5, 5.41) is 13.4. The minimum absolute atomic E-state index is 0.123. The summed E-state index contributed by atoms with van der Waals surface area (Å²) in [5.74, 6) is 0.133. The van der Waals surface area contributed by atoms with Crippen LogP contribution in [-0.2, 0) is 9.53 Å². The number of rotatable bonds is 6. The SMILES string of the molecule is CCOC(=O)C1=C(C)N=c2s/c(=C\c3ccc(-c4cc([N+](=O)[O-])ccc4Cl)o3)c(=O)n2[C@H]1c1cccc2ccccc12. The average Bonchev–Trinajstić information content (AvgIpc) is 3.56. The second-order valence-corrected chi connectivity index (χ2v) is 10.9. The number of esters is 1. The van der Waals surface area contributed by atoms with E-state index in [4.69, 9.17) is 20.8 Å². The normalized spacial score (nSPS) is 15.0. The quantitative estimate of drug-likeness (QED) is 0.139. The molecule has 0 bridgehead atoms. The van der Waals surface area contributed by atoms with Crippen molar-refractivity contribution in [2.45, 2.75) is 19.9 Å². The molecule has 3 aromatic carbocycles. The van der Waals surface area contributed by atoms with Gasteiger partial charge in [-0.25, -0.2) is 9.79 Å². The van der Waals surface area contributed by atoms with Gasteiger partial charge < -0.3 is 9.15 Å². The number of halogens is 1. The van der Waals surface area contributed by atoms with E-state index in [1.165, 1.54) is 34.1 Å². The van der Waals surface area contributed by atoms with E-state index in [1.807, 2.05) is 42.5 Å². The zero-order valence-electron chi connectivity index (χ0n) is 22.4. The van der Waals surface area contributed by atoms with Crippen molar-refractivity contribution in [3.63, 3.8) is 0 Å². The molecular formula is C31H22ClN3O6S. The molecule has 1 aliphatic rings. The first-order chi connectivity index (χ1) is 20.3. The average molecular weight is 600 g/mol. The predicted octanol–water partition coefficient (Wildman–Crippen LogP) is 5.77. The lowest BCUT2D eigenvalue weighted by atomic mass is 9.91.